The average Bonchev–Trinajstić information content (AvgIpc) is 3.04. The summed E-state index contributed by atoms with van der Waals surface area (Å²) in [5.74, 6) is 0. The normalized spacial score (nSPS) is 16.8. The Balaban J connectivity index is 2.70. The first-order valence-electron chi connectivity index (χ1n) is 8.79. The van der Waals surface area contributed by atoms with E-state index >= 15 is 0 Å². The van der Waals surface area contributed by atoms with Gasteiger partial charge in [0.25, 0.3) is 0 Å². The van der Waals surface area contributed by atoms with Gasteiger partial charge in [0.1, 0.15) is 8.07 Å². The van der Waals surface area contributed by atoms with E-state index in [0.717, 1.165) is 6.42 Å². The zero-order chi connectivity index (χ0) is 16.5. The topological polar surface area (TPSA) is 0 Å². The molecule has 0 radical (unpaired) electrons. The van der Waals surface area contributed by atoms with Crippen molar-refractivity contribution in [3.8, 4) is 0 Å². The number of benzene rings is 1. The molecule has 0 fully saturated rings. The Morgan fingerprint density at radius 1 is 0.909 bits per heavy atom. The van der Waals surface area contributed by atoms with Gasteiger partial charge in [0.15, 0.2) is 0 Å². The number of hydrogen-bond acceptors (Lipinski definition) is 0. The monoisotopic (exact) mass is 312 g/mol. The van der Waals surface area contributed by atoms with Gasteiger partial charge in [0.2, 0.25) is 0 Å². The molecular formula is C21H32Si. The van der Waals surface area contributed by atoms with E-state index in [4.69, 9.17) is 0 Å². The first kappa shape index (κ1) is 17.3. The lowest BCUT2D eigenvalue weighted by atomic mass is 9.95. The summed E-state index contributed by atoms with van der Waals surface area (Å²) in [6, 6.07) is 1.38. The van der Waals surface area contributed by atoms with Gasteiger partial charge in [-0.15, -0.1) is 0 Å². The molecular weight excluding hydrogens is 280 g/mol. The minimum Gasteiger partial charge on any atom is -0.0811 e. The molecule has 0 aromatic heterocycles. The summed E-state index contributed by atoms with van der Waals surface area (Å²) in [6.45, 7) is 16.6. The van der Waals surface area contributed by atoms with Gasteiger partial charge in [-0.05, 0) is 80.1 Å². The van der Waals surface area contributed by atoms with E-state index in [1.165, 1.54) is 35.6 Å². The van der Waals surface area contributed by atoms with E-state index in [9.17, 15) is 0 Å². The average molecular weight is 313 g/mol. The van der Waals surface area contributed by atoms with Crippen LogP contribution < -0.4 is 5.19 Å². The van der Waals surface area contributed by atoms with E-state index in [-0.39, 0.29) is 0 Å². The van der Waals surface area contributed by atoms with E-state index in [1.54, 1.807) is 21.5 Å². The molecule has 120 valence electrons. The highest BCUT2D eigenvalue weighted by Gasteiger charge is 2.36. The van der Waals surface area contributed by atoms with Crippen LogP contribution >= 0.6 is 0 Å². The summed E-state index contributed by atoms with van der Waals surface area (Å²) in [5.41, 5.74) is 7.63. The molecule has 1 aliphatic carbocycles. The van der Waals surface area contributed by atoms with E-state index in [1.807, 2.05) is 0 Å². The van der Waals surface area contributed by atoms with Crippen LogP contribution in [-0.2, 0) is 0 Å². The maximum Gasteiger partial charge on any atom is 0.115 e. The van der Waals surface area contributed by atoms with Crippen LogP contribution in [0.5, 0.6) is 0 Å². The minimum atomic E-state index is -1.61. The zero-order valence-corrected chi connectivity index (χ0v) is 16.6. The fourth-order valence-corrected chi connectivity index (χ4v) is 9.11. The molecule has 0 N–H and O–H groups in total. The van der Waals surface area contributed by atoms with Crippen molar-refractivity contribution in [2.75, 3.05) is 0 Å². The molecule has 1 aromatic rings. The van der Waals surface area contributed by atoms with Crippen LogP contribution in [0.15, 0.2) is 23.4 Å². The van der Waals surface area contributed by atoms with Crippen LogP contribution in [-0.4, -0.2) is 8.07 Å². The van der Waals surface area contributed by atoms with Gasteiger partial charge in [0, 0.05) is 0 Å². The molecule has 0 nitrogen and oxygen atoms in total. The molecule has 1 aliphatic rings. The second-order valence-electron chi connectivity index (χ2n) is 7.23. The summed E-state index contributed by atoms with van der Waals surface area (Å²) in [6.07, 6.45) is 11.0. The smallest absolute Gasteiger partial charge is 0.0811 e. The molecule has 0 aliphatic heterocycles. The fraction of sp³-hybridized carbons (Fsp3) is 0.524. The Hall–Kier alpha value is -1.08. The summed E-state index contributed by atoms with van der Waals surface area (Å²) >= 11 is 0. The Labute approximate surface area is 138 Å². The maximum atomic E-state index is 2.60. The van der Waals surface area contributed by atoms with Gasteiger partial charge in [-0.25, -0.2) is 0 Å². The second kappa shape index (κ2) is 6.58. The zero-order valence-electron chi connectivity index (χ0n) is 15.6. The van der Waals surface area contributed by atoms with Gasteiger partial charge < -0.3 is 0 Å². The molecule has 0 saturated heterocycles. The quantitative estimate of drug-likeness (QED) is 0.608. The Morgan fingerprint density at radius 3 is 1.91 bits per heavy atom. The van der Waals surface area contributed by atoms with Gasteiger partial charge >= 0.3 is 0 Å². The van der Waals surface area contributed by atoms with Crippen molar-refractivity contribution in [2.24, 2.45) is 0 Å². The largest absolute Gasteiger partial charge is 0.115 e. The number of hydrogen-bond donors (Lipinski definition) is 0. The number of allylic oxidation sites excluding steroid dienone is 4. The molecule has 0 saturated carbocycles. The predicted octanol–water partition coefficient (Wildman–Crippen LogP) is 5.74. The highest BCUT2D eigenvalue weighted by molar-refractivity contribution is 6.97. The van der Waals surface area contributed by atoms with Crippen molar-refractivity contribution in [1.29, 1.82) is 0 Å². The minimum absolute atomic E-state index is 1.13. The third-order valence-electron chi connectivity index (χ3n) is 5.99. The molecule has 1 heteroatoms. The Morgan fingerprint density at radius 2 is 1.45 bits per heavy atom. The summed E-state index contributed by atoms with van der Waals surface area (Å²) in [5, 5.41) is 3.38. The predicted molar refractivity (Wildman–Crippen MR) is 103 cm³/mol. The first-order valence-corrected chi connectivity index (χ1v) is 11.5. The molecule has 0 heterocycles. The lowest BCUT2D eigenvalue weighted by Gasteiger charge is -2.34. The highest BCUT2D eigenvalue weighted by atomic mass is 28.3. The van der Waals surface area contributed by atoms with E-state index < -0.39 is 8.07 Å². The number of unbranched alkanes of at least 4 members (excludes halogenated alkanes) is 1. The molecule has 0 amide bonds. The van der Waals surface area contributed by atoms with Crippen molar-refractivity contribution in [1.82, 2.24) is 0 Å². The van der Waals surface area contributed by atoms with Crippen LogP contribution in [0.25, 0.3) is 0 Å². The van der Waals surface area contributed by atoms with Crippen LogP contribution in [0, 0.1) is 34.6 Å². The van der Waals surface area contributed by atoms with E-state index in [0.29, 0.717) is 0 Å². The molecule has 22 heavy (non-hydrogen) atoms. The van der Waals surface area contributed by atoms with Gasteiger partial charge in [-0.1, -0.05) is 49.7 Å². The molecule has 1 aromatic carbocycles. The SMILES string of the molecule is CCCC[Si](C)(C1=CCC=C1)c1c(C)c(C)c(C)c(C)c1C. The lowest BCUT2D eigenvalue weighted by molar-refractivity contribution is 0.870. The third kappa shape index (κ3) is 2.76. The molecule has 1 unspecified atom stereocenters. The Bertz CT molecular complexity index is 605. The van der Waals surface area contributed by atoms with Gasteiger partial charge in [-0.3, -0.25) is 0 Å². The highest BCUT2D eigenvalue weighted by Crippen LogP contribution is 2.32. The first-order chi connectivity index (χ1) is 10.3. The van der Waals surface area contributed by atoms with Crippen molar-refractivity contribution < 1.29 is 0 Å². The summed E-state index contributed by atoms with van der Waals surface area (Å²) in [7, 11) is -1.61. The van der Waals surface area contributed by atoms with Crippen molar-refractivity contribution in [3.63, 3.8) is 0 Å². The van der Waals surface area contributed by atoms with Crippen LogP contribution in [0.4, 0.5) is 0 Å². The molecule has 2 rings (SSSR count). The summed E-state index contributed by atoms with van der Waals surface area (Å²) in [4.78, 5) is 0. The fourth-order valence-electron chi connectivity index (χ4n) is 4.14. The molecule has 0 spiro atoms. The lowest BCUT2D eigenvalue weighted by Crippen LogP contribution is -2.50. The molecule has 0 bridgehead atoms. The van der Waals surface area contributed by atoms with Crippen molar-refractivity contribution in [3.05, 3.63) is 51.2 Å². The summed E-state index contributed by atoms with van der Waals surface area (Å²) < 4.78 is 0. The number of rotatable bonds is 5. The molecule has 1 atom stereocenters. The van der Waals surface area contributed by atoms with Crippen molar-refractivity contribution in [2.45, 2.75) is 73.4 Å². The van der Waals surface area contributed by atoms with Crippen LogP contribution in [0.3, 0.4) is 0 Å². The standard InChI is InChI=1S/C21H32Si/c1-8-9-14-22(7,20-12-10-11-13-20)21-18(5)16(3)15(2)17(4)19(21)6/h10,12-13H,8-9,11,14H2,1-7H3. The Kier molecular flexibility index (Phi) is 5.16. The van der Waals surface area contributed by atoms with Crippen LogP contribution in [0.2, 0.25) is 12.6 Å². The van der Waals surface area contributed by atoms with E-state index in [2.05, 4.69) is 66.3 Å². The second-order valence-corrected chi connectivity index (χ2v) is 11.5. The van der Waals surface area contributed by atoms with Gasteiger partial charge in [0.05, 0.1) is 0 Å². The van der Waals surface area contributed by atoms with Crippen LogP contribution in [0.1, 0.15) is 54.0 Å². The van der Waals surface area contributed by atoms with Crippen molar-refractivity contribution >= 4 is 13.3 Å². The third-order valence-corrected chi connectivity index (χ3v) is 10.8. The van der Waals surface area contributed by atoms with Gasteiger partial charge in [-0.2, -0.15) is 0 Å². The maximum absolute atomic E-state index is 2.60.